The molecule has 0 bridgehead atoms. The zero-order valence-electron chi connectivity index (χ0n) is 8.39. The minimum absolute atomic E-state index is 0.0791. The van der Waals surface area contributed by atoms with Gasteiger partial charge in [0, 0.05) is 5.56 Å². The van der Waals surface area contributed by atoms with Crippen LogP contribution in [0.4, 0.5) is 0 Å². The standard InChI is InChI=1S/C11H14N2O2/c12-10(7-14)8-3-1-2-4-9(8)11-13-5-6-15-11/h1-4,10,14H,5-7,12H2. The molecule has 80 valence electrons. The van der Waals surface area contributed by atoms with E-state index in [9.17, 15) is 0 Å². The number of hydrogen-bond donors (Lipinski definition) is 2. The molecule has 1 aliphatic rings. The summed E-state index contributed by atoms with van der Waals surface area (Å²) in [5.41, 5.74) is 7.56. The Morgan fingerprint density at radius 3 is 2.93 bits per heavy atom. The molecule has 0 saturated carbocycles. The summed E-state index contributed by atoms with van der Waals surface area (Å²) >= 11 is 0. The third-order valence-electron chi connectivity index (χ3n) is 2.37. The minimum atomic E-state index is -0.381. The largest absolute Gasteiger partial charge is 0.476 e. The molecular formula is C11H14N2O2. The van der Waals surface area contributed by atoms with Crippen LogP contribution in [0.25, 0.3) is 0 Å². The first-order chi connectivity index (χ1) is 7.33. The Bertz CT molecular complexity index is 377. The Labute approximate surface area is 88.4 Å². The molecule has 1 atom stereocenters. The first-order valence-electron chi connectivity index (χ1n) is 4.96. The predicted molar refractivity (Wildman–Crippen MR) is 57.8 cm³/mol. The van der Waals surface area contributed by atoms with Gasteiger partial charge in [-0.05, 0) is 11.6 Å². The molecule has 0 aliphatic carbocycles. The van der Waals surface area contributed by atoms with Crippen LogP contribution in [0.5, 0.6) is 0 Å². The predicted octanol–water partition coefficient (Wildman–Crippen LogP) is 0.455. The number of aliphatic imine (C=N–C) groups is 1. The normalized spacial score (nSPS) is 17.1. The zero-order chi connectivity index (χ0) is 10.7. The number of hydrogen-bond acceptors (Lipinski definition) is 4. The van der Waals surface area contributed by atoms with Gasteiger partial charge in [0.15, 0.2) is 0 Å². The van der Waals surface area contributed by atoms with Gasteiger partial charge in [0.25, 0.3) is 0 Å². The molecule has 4 heteroatoms. The van der Waals surface area contributed by atoms with E-state index in [1.54, 1.807) is 0 Å². The third kappa shape index (κ3) is 2.00. The summed E-state index contributed by atoms with van der Waals surface area (Å²) in [5.74, 6) is 0.634. The summed E-state index contributed by atoms with van der Waals surface area (Å²) in [4.78, 5) is 4.24. The van der Waals surface area contributed by atoms with Crippen LogP contribution in [0, 0.1) is 0 Å². The fourth-order valence-corrected chi connectivity index (χ4v) is 1.61. The van der Waals surface area contributed by atoms with Gasteiger partial charge >= 0.3 is 0 Å². The Hall–Kier alpha value is -1.39. The van der Waals surface area contributed by atoms with Gasteiger partial charge in [-0.3, -0.25) is 0 Å². The summed E-state index contributed by atoms with van der Waals surface area (Å²) in [6.45, 7) is 1.24. The third-order valence-corrected chi connectivity index (χ3v) is 2.37. The molecule has 0 saturated heterocycles. The lowest BCUT2D eigenvalue weighted by Gasteiger charge is -2.13. The van der Waals surface area contributed by atoms with E-state index in [0.29, 0.717) is 19.0 Å². The highest BCUT2D eigenvalue weighted by Crippen LogP contribution is 2.18. The molecule has 3 N–H and O–H groups in total. The van der Waals surface area contributed by atoms with E-state index in [1.165, 1.54) is 0 Å². The topological polar surface area (TPSA) is 67.8 Å². The van der Waals surface area contributed by atoms with E-state index in [2.05, 4.69) is 4.99 Å². The van der Waals surface area contributed by atoms with Crippen LogP contribution in [-0.2, 0) is 4.74 Å². The second kappa shape index (κ2) is 4.42. The van der Waals surface area contributed by atoms with Gasteiger partial charge in [0.05, 0.1) is 19.2 Å². The van der Waals surface area contributed by atoms with E-state index in [-0.39, 0.29) is 12.6 Å². The second-order valence-electron chi connectivity index (χ2n) is 3.41. The Morgan fingerprint density at radius 1 is 1.47 bits per heavy atom. The van der Waals surface area contributed by atoms with E-state index >= 15 is 0 Å². The van der Waals surface area contributed by atoms with Crippen molar-refractivity contribution in [3.63, 3.8) is 0 Å². The van der Waals surface area contributed by atoms with E-state index < -0.39 is 0 Å². The van der Waals surface area contributed by atoms with Crippen molar-refractivity contribution in [2.75, 3.05) is 19.8 Å². The lowest BCUT2D eigenvalue weighted by atomic mass is 10.0. The SMILES string of the molecule is NC(CO)c1ccccc1C1=NCCO1. The van der Waals surface area contributed by atoms with Gasteiger partial charge in [-0.15, -0.1) is 0 Å². The van der Waals surface area contributed by atoms with Crippen LogP contribution in [0.2, 0.25) is 0 Å². The molecule has 1 aromatic rings. The van der Waals surface area contributed by atoms with Crippen molar-refractivity contribution in [3.8, 4) is 0 Å². The van der Waals surface area contributed by atoms with Gasteiger partial charge in [-0.2, -0.15) is 0 Å². The highest BCUT2D eigenvalue weighted by Gasteiger charge is 2.17. The molecule has 1 aliphatic heterocycles. The number of nitrogens with zero attached hydrogens (tertiary/aromatic N) is 1. The highest BCUT2D eigenvalue weighted by atomic mass is 16.5. The molecule has 0 fully saturated rings. The molecule has 1 aromatic carbocycles. The second-order valence-corrected chi connectivity index (χ2v) is 3.41. The summed E-state index contributed by atoms with van der Waals surface area (Å²) < 4.78 is 5.39. The quantitative estimate of drug-likeness (QED) is 0.754. The monoisotopic (exact) mass is 206 g/mol. The van der Waals surface area contributed by atoms with Crippen molar-refractivity contribution in [3.05, 3.63) is 35.4 Å². The van der Waals surface area contributed by atoms with E-state index in [1.807, 2.05) is 24.3 Å². The molecule has 0 radical (unpaired) electrons. The van der Waals surface area contributed by atoms with Crippen molar-refractivity contribution in [1.82, 2.24) is 0 Å². The van der Waals surface area contributed by atoms with E-state index in [0.717, 1.165) is 11.1 Å². The number of rotatable bonds is 3. The van der Waals surface area contributed by atoms with Gasteiger partial charge in [-0.25, -0.2) is 4.99 Å². The fraction of sp³-hybridized carbons (Fsp3) is 0.364. The zero-order valence-corrected chi connectivity index (χ0v) is 8.39. The Balaban J connectivity index is 2.37. The Kier molecular flexibility index (Phi) is 2.99. The molecule has 1 unspecified atom stereocenters. The molecule has 0 aromatic heterocycles. The van der Waals surface area contributed by atoms with Crippen molar-refractivity contribution in [2.45, 2.75) is 6.04 Å². The van der Waals surface area contributed by atoms with Crippen LogP contribution >= 0.6 is 0 Å². The average molecular weight is 206 g/mol. The maximum absolute atomic E-state index is 9.05. The minimum Gasteiger partial charge on any atom is -0.476 e. The van der Waals surface area contributed by atoms with Crippen LogP contribution < -0.4 is 5.73 Å². The summed E-state index contributed by atoms with van der Waals surface area (Å²) in [6.07, 6.45) is 0. The summed E-state index contributed by atoms with van der Waals surface area (Å²) in [5, 5.41) is 9.05. The van der Waals surface area contributed by atoms with Crippen LogP contribution in [0.3, 0.4) is 0 Å². The van der Waals surface area contributed by atoms with E-state index in [4.69, 9.17) is 15.6 Å². The first-order valence-corrected chi connectivity index (χ1v) is 4.96. The van der Waals surface area contributed by atoms with Crippen LogP contribution in [-0.4, -0.2) is 30.8 Å². The highest BCUT2D eigenvalue weighted by molar-refractivity contribution is 5.96. The molecule has 4 nitrogen and oxygen atoms in total. The fourth-order valence-electron chi connectivity index (χ4n) is 1.61. The van der Waals surface area contributed by atoms with Crippen molar-refractivity contribution < 1.29 is 9.84 Å². The van der Waals surface area contributed by atoms with Gasteiger partial charge in [0.1, 0.15) is 6.61 Å². The summed E-state index contributed by atoms with van der Waals surface area (Å²) in [6, 6.07) is 7.22. The molecular weight excluding hydrogens is 192 g/mol. The maximum atomic E-state index is 9.05. The van der Waals surface area contributed by atoms with Gasteiger partial charge in [-0.1, -0.05) is 18.2 Å². The van der Waals surface area contributed by atoms with Gasteiger partial charge < -0.3 is 15.6 Å². The maximum Gasteiger partial charge on any atom is 0.216 e. The molecule has 2 rings (SSSR count). The first kappa shape index (κ1) is 10.1. The van der Waals surface area contributed by atoms with Crippen molar-refractivity contribution in [2.24, 2.45) is 10.7 Å². The molecule has 15 heavy (non-hydrogen) atoms. The lowest BCUT2D eigenvalue weighted by molar-refractivity contribution is 0.267. The molecule has 1 heterocycles. The lowest BCUT2D eigenvalue weighted by Crippen LogP contribution is -2.18. The van der Waals surface area contributed by atoms with Gasteiger partial charge in [0.2, 0.25) is 5.90 Å². The number of benzene rings is 1. The summed E-state index contributed by atoms with van der Waals surface area (Å²) in [7, 11) is 0. The smallest absolute Gasteiger partial charge is 0.216 e. The number of aliphatic hydroxyl groups excluding tert-OH is 1. The molecule has 0 amide bonds. The van der Waals surface area contributed by atoms with Crippen molar-refractivity contribution in [1.29, 1.82) is 0 Å². The van der Waals surface area contributed by atoms with Crippen LogP contribution in [0.1, 0.15) is 17.2 Å². The number of nitrogens with two attached hydrogens (primary N) is 1. The number of ether oxygens (including phenoxy) is 1. The average Bonchev–Trinajstić information content (AvgIpc) is 2.81. The van der Waals surface area contributed by atoms with Crippen LogP contribution in [0.15, 0.2) is 29.3 Å². The Morgan fingerprint density at radius 2 is 2.27 bits per heavy atom. The molecule has 0 spiro atoms. The number of aliphatic hydroxyl groups is 1. The van der Waals surface area contributed by atoms with Crippen molar-refractivity contribution >= 4 is 5.90 Å².